The Morgan fingerprint density at radius 3 is 2.44 bits per heavy atom. The molecule has 166 valence electrons. The van der Waals surface area contributed by atoms with E-state index in [2.05, 4.69) is 6.07 Å². The van der Waals surface area contributed by atoms with Crippen LogP contribution in [0.2, 0.25) is 0 Å². The maximum absolute atomic E-state index is 15.0. The van der Waals surface area contributed by atoms with Gasteiger partial charge in [0.25, 0.3) is 0 Å². The molecule has 0 spiro atoms. The van der Waals surface area contributed by atoms with Gasteiger partial charge in [-0.3, -0.25) is 19.3 Å². The number of nitrogens with zero attached hydrogens (tertiary/aromatic N) is 2. The maximum Gasteiger partial charge on any atom is 0.241 e. The highest BCUT2D eigenvalue weighted by Gasteiger charge is 2.56. The number of likely N-dealkylation sites (tertiary alicyclic amines) is 1. The van der Waals surface area contributed by atoms with E-state index in [9.17, 15) is 18.8 Å². The standard InChI is InChI=1S/C26H27FN2O3/c27-22-12-6-5-11-21(22)26(16-24(31)29(25(26)32)20-9-3-4-10-20)15-23(30)28-14-13-18-7-1-2-8-19(18)17-28/h1-2,5-8,11-12,20H,3-4,9-10,13-17H2. The van der Waals surface area contributed by atoms with E-state index in [0.717, 1.165) is 37.7 Å². The molecule has 1 saturated heterocycles. The third-order valence-electron chi connectivity index (χ3n) is 7.37. The summed E-state index contributed by atoms with van der Waals surface area (Å²) in [5.74, 6) is -1.46. The minimum atomic E-state index is -1.47. The number of hydrogen-bond acceptors (Lipinski definition) is 3. The Bertz CT molecular complexity index is 1080. The third kappa shape index (κ3) is 3.42. The highest BCUT2D eigenvalue weighted by atomic mass is 19.1. The first-order chi connectivity index (χ1) is 15.5. The van der Waals surface area contributed by atoms with Crippen LogP contribution in [0.4, 0.5) is 4.39 Å². The summed E-state index contributed by atoms with van der Waals surface area (Å²) >= 11 is 0. The number of carbonyl (C=O) groups is 3. The second-order valence-corrected chi connectivity index (χ2v) is 9.26. The van der Waals surface area contributed by atoms with Crippen LogP contribution >= 0.6 is 0 Å². The Morgan fingerprint density at radius 2 is 1.69 bits per heavy atom. The van der Waals surface area contributed by atoms with Crippen molar-refractivity contribution in [2.24, 2.45) is 0 Å². The molecule has 6 heteroatoms. The van der Waals surface area contributed by atoms with Crippen molar-refractivity contribution >= 4 is 17.7 Å². The number of hydrogen-bond donors (Lipinski definition) is 0. The van der Waals surface area contributed by atoms with Crippen LogP contribution in [0.25, 0.3) is 0 Å². The van der Waals surface area contributed by atoms with E-state index in [0.29, 0.717) is 13.1 Å². The van der Waals surface area contributed by atoms with Crippen LogP contribution in [0, 0.1) is 5.82 Å². The molecule has 1 saturated carbocycles. The van der Waals surface area contributed by atoms with Crippen LogP contribution in [0.1, 0.15) is 55.2 Å². The van der Waals surface area contributed by atoms with E-state index < -0.39 is 17.1 Å². The molecule has 0 N–H and O–H groups in total. The third-order valence-corrected chi connectivity index (χ3v) is 7.37. The molecule has 2 aromatic rings. The zero-order valence-corrected chi connectivity index (χ0v) is 18.1. The van der Waals surface area contributed by atoms with Gasteiger partial charge in [-0.15, -0.1) is 0 Å². The summed E-state index contributed by atoms with van der Waals surface area (Å²) in [6, 6.07) is 14.0. The lowest BCUT2D eigenvalue weighted by molar-refractivity contribution is -0.145. The topological polar surface area (TPSA) is 57.7 Å². The summed E-state index contributed by atoms with van der Waals surface area (Å²) in [5, 5.41) is 0. The number of rotatable bonds is 4. The average molecular weight is 435 g/mol. The quantitative estimate of drug-likeness (QED) is 0.689. The maximum atomic E-state index is 15.0. The molecule has 1 unspecified atom stereocenters. The minimum Gasteiger partial charge on any atom is -0.338 e. The lowest BCUT2D eigenvalue weighted by atomic mass is 9.75. The van der Waals surface area contributed by atoms with E-state index in [1.54, 1.807) is 23.1 Å². The van der Waals surface area contributed by atoms with Crippen molar-refractivity contribution in [1.29, 1.82) is 0 Å². The molecule has 1 aliphatic carbocycles. The Balaban J connectivity index is 1.48. The summed E-state index contributed by atoms with van der Waals surface area (Å²) in [6.45, 7) is 1.02. The first-order valence-corrected chi connectivity index (χ1v) is 11.5. The highest BCUT2D eigenvalue weighted by Crippen LogP contribution is 2.44. The van der Waals surface area contributed by atoms with Gasteiger partial charge in [0, 0.05) is 37.5 Å². The molecule has 2 aliphatic heterocycles. The van der Waals surface area contributed by atoms with E-state index in [4.69, 9.17) is 0 Å². The molecular weight excluding hydrogens is 407 g/mol. The van der Waals surface area contributed by atoms with Crippen molar-refractivity contribution in [3.05, 3.63) is 71.0 Å². The number of imide groups is 1. The first-order valence-electron chi connectivity index (χ1n) is 11.5. The molecular formula is C26H27FN2O3. The van der Waals surface area contributed by atoms with Crippen molar-refractivity contribution in [2.45, 2.75) is 62.9 Å². The van der Waals surface area contributed by atoms with Crippen LogP contribution in [0.3, 0.4) is 0 Å². The molecule has 0 aromatic heterocycles. The van der Waals surface area contributed by atoms with Gasteiger partial charge in [0.1, 0.15) is 5.82 Å². The van der Waals surface area contributed by atoms with Crippen LogP contribution in [-0.2, 0) is 32.8 Å². The van der Waals surface area contributed by atoms with E-state index in [1.165, 1.54) is 16.5 Å². The van der Waals surface area contributed by atoms with E-state index >= 15 is 0 Å². The molecule has 2 heterocycles. The van der Waals surface area contributed by atoms with Crippen molar-refractivity contribution in [3.8, 4) is 0 Å². The SMILES string of the molecule is O=C(CC1(c2ccccc2F)CC(=O)N(C2CCCC2)C1=O)N1CCc2ccccc2C1. The van der Waals surface area contributed by atoms with Gasteiger partial charge in [0.15, 0.2) is 0 Å². The molecule has 2 fully saturated rings. The van der Waals surface area contributed by atoms with Crippen LogP contribution < -0.4 is 0 Å². The van der Waals surface area contributed by atoms with Crippen LogP contribution in [0.15, 0.2) is 48.5 Å². The molecule has 5 nitrogen and oxygen atoms in total. The molecule has 3 aliphatic rings. The molecule has 2 aromatic carbocycles. The second kappa shape index (κ2) is 8.15. The monoisotopic (exact) mass is 434 g/mol. The predicted octanol–water partition coefficient (Wildman–Crippen LogP) is 3.74. The van der Waals surface area contributed by atoms with Crippen molar-refractivity contribution in [3.63, 3.8) is 0 Å². The lowest BCUT2D eigenvalue weighted by Crippen LogP contribution is -2.47. The largest absolute Gasteiger partial charge is 0.338 e. The average Bonchev–Trinajstić information content (AvgIpc) is 3.40. The number of benzene rings is 2. The summed E-state index contributed by atoms with van der Waals surface area (Å²) in [7, 11) is 0. The van der Waals surface area contributed by atoms with Gasteiger partial charge in [0.05, 0.1) is 5.41 Å². The molecule has 3 amide bonds. The van der Waals surface area contributed by atoms with E-state index in [-0.39, 0.29) is 36.3 Å². The van der Waals surface area contributed by atoms with Crippen molar-refractivity contribution in [2.75, 3.05) is 6.54 Å². The molecule has 0 radical (unpaired) electrons. The minimum absolute atomic E-state index is 0.138. The van der Waals surface area contributed by atoms with Gasteiger partial charge in [-0.2, -0.15) is 0 Å². The Kier molecular flexibility index (Phi) is 5.31. The molecule has 32 heavy (non-hydrogen) atoms. The number of fused-ring (bicyclic) bond motifs is 1. The van der Waals surface area contributed by atoms with Gasteiger partial charge in [-0.05, 0) is 36.5 Å². The summed E-state index contributed by atoms with van der Waals surface area (Å²) in [4.78, 5) is 43.4. The Morgan fingerprint density at radius 1 is 1.00 bits per heavy atom. The Labute approximate surface area is 187 Å². The van der Waals surface area contributed by atoms with Gasteiger partial charge < -0.3 is 4.90 Å². The number of halogens is 1. The van der Waals surface area contributed by atoms with Gasteiger partial charge >= 0.3 is 0 Å². The fraction of sp³-hybridized carbons (Fsp3) is 0.423. The summed E-state index contributed by atoms with van der Waals surface area (Å²) in [6.07, 6.45) is 3.91. The van der Waals surface area contributed by atoms with Crippen LogP contribution in [0.5, 0.6) is 0 Å². The van der Waals surface area contributed by atoms with E-state index in [1.807, 2.05) is 18.2 Å². The summed E-state index contributed by atoms with van der Waals surface area (Å²) < 4.78 is 15.0. The molecule has 1 atom stereocenters. The zero-order chi connectivity index (χ0) is 22.3. The highest BCUT2D eigenvalue weighted by molar-refractivity contribution is 6.11. The number of carbonyl (C=O) groups excluding carboxylic acids is 3. The van der Waals surface area contributed by atoms with Crippen molar-refractivity contribution in [1.82, 2.24) is 9.80 Å². The lowest BCUT2D eigenvalue weighted by Gasteiger charge is -2.34. The number of amides is 3. The Hall–Kier alpha value is -3.02. The van der Waals surface area contributed by atoms with Crippen LogP contribution in [-0.4, -0.2) is 40.1 Å². The normalized spacial score (nSPS) is 23.7. The first kappa shape index (κ1) is 20.9. The molecule has 0 bridgehead atoms. The smallest absolute Gasteiger partial charge is 0.241 e. The zero-order valence-electron chi connectivity index (χ0n) is 18.1. The summed E-state index contributed by atoms with van der Waals surface area (Å²) in [5.41, 5.74) is 0.997. The van der Waals surface area contributed by atoms with Gasteiger partial charge in [0.2, 0.25) is 17.7 Å². The van der Waals surface area contributed by atoms with Gasteiger partial charge in [-0.1, -0.05) is 55.3 Å². The predicted molar refractivity (Wildman–Crippen MR) is 117 cm³/mol. The fourth-order valence-corrected chi connectivity index (χ4v) is 5.67. The fourth-order valence-electron chi connectivity index (χ4n) is 5.67. The molecule has 5 rings (SSSR count). The van der Waals surface area contributed by atoms with Crippen molar-refractivity contribution < 1.29 is 18.8 Å². The second-order valence-electron chi connectivity index (χ2n) is 9.26. The van der Waals surface area contributed by atoms with Gasteiger partial charge in [-0.25, -0.2) is 4.39 Å².